The molecule has 0 aliphatic carbocycles. The van der Waals surface area contributed by atoms with Crippen LogP contribution in [0.5, 0.6) is 0 Å². The first-order valence-corrected chi connectivity index (χ1v) is 10.3. The van der Waals surface area contributed by atoms with Crippen LogP contribution in [0.2, 0.25) is 10.0 Å². The van der Waals surface area contributed by atoms with Crippen molar-refractivity contribution in [2.24, 2.45) is 0 Å². The van der Waals surface area contributed by atoms with Gasteiger partial charge < -0.3 is 9.29 Å². The number of rotatable bonds is 6. The molecule has 0 saturated heterocycles. The fourth-order valence-electron chi connectivity index (χ4n) is 2.50. The van der Waals surface area contributed by atoms with Gasteiger partial charge in [0, 0.05) is 6.42 Å². The maximum atomic E-state index is 12.2. The summed E-state index contributed by atoms with van der Waals surface area (Å²) in [5.74, 6) is -0.692. The van der Waals surface area contributed by atoms with Gasteiger partial charge >= 0.3 is 5.97 Å². The van der Waals surface area contributed by atoms with Crippen LogP contribution < -0.4 is 4.31 Å². The van der Waals surface area contributed by atoms with Crippen LogP contribution in [-0.4, -0.2) is 30.6 Å². The molecule has 3 rings (SSSR count). The second-order valence-corrected chi connectivity index (χ2v) is 7.63. The first kappa shape index (κ1) is 20.7. The molecule has 1 aromatic heterocycles. The number of hydrogen-bond acceptors (Lipinski definition) is 7. The summed E-state index contributed by atoms with van der Waals surface area (Å²) < 4.78 is 38.1. The monoisotopic (exact) mass is 456 g/mol. The van der Waals surface area contributed by atoms with E-state index in [0.29, 0.717) is 12.1 Å². The summed E-state index contributed by atoms with van der Waals surface area (Å²) in [6.45, 7) is 0. The molecule has 1 atom stereocenters. The van der Waals surface area contributed by atoms with Gasteiger partial charge in [0.05, 0.1) is 51.4 Å². The lowest BCUT2D eigenvalue weighted by atomic mass is 10.1. The summed E-state index contributed by atoms with van der Waals surface area (Å²) in [5.41, 5.74) is 1.26. The molecule has 0 spiro atoms. The van der Waals surface area contributed by atoms with E-state index in [1.54, 1.807) is 0 Å². The standard InChI is InChI=1S/C17H13Cl2N3O4S2/c1-26-17(23)11-8-12(18)13(19)9-15(11)22(28(24)25)16-14(20-27-21-16)7-10-5-3-2-4-6-10/h2-6,8-9H,7H2,1H3,(H,24,25)/p-1. The van der Waals surface area contributed by atoms with Gasteiger partial charge in [-0.25, -0.2) is 4.79 Å². The molecule has 0 radical (unpaired) electrons. The maximum Gasteiger partial charge on any atom is 0.340 e. The average Bonchev–Trinajstić information content (AvgIpc) is 3.12. The van der Waals surface area contributed by atoms with Crippen LogP contribution in [0.3, 0.4) is 0 Å². The number of halogens is 2. The summed E-state index contributed by atoms with van der Waals surface area (Å²) in [7, 11) is 1.18. The minimum atomic E-state index is -2.82. The highest BCUT2D eigenvalue weighted by Crippen LogP contribution is 2.37. The SMILES string of the molecule is COC(=O)c1cc(Cl)c(Cl)cc1N(c1nsnc1Cc1ccccc1)S(=O)[O-]. The van der Waals surface area contributed by atoms with E-state index >= 15 is 0 Å². The van der Waals surface area contributed by atoms with Crippen molar-refractivity contribution in [1.82, 2.24) is 8.75 Å². The summed E-state index contributed by atoms with van der Waals surface area (Å²) >= 11 is 10.1. The third kappa shape index (κ3) is 4.34. The highest BCUT2D eigenvalue weighted by molar-refractivity contribution is 7.81. The molecule has 1 heterocycles. The number of carbonyl (C=O) groups excluding carboxylic acids is 1. The fraction of sp³-hybridized carbons (Fsp3) is 0.118. The molecule has 3 aromatic rings. The molecule has 0 saturated carbocycles. The van der Waals surface area contributed by atoms with Gasteiger partial charge in [0.1, 0.15) is 5.69 Å². The van der Waals surface area contributed by atoms with Gasteiger partial charge in [-0.3, -0.25) is 8.51 Å². The van der Waals surface area contributed by atoms with Crippen molar-refractivity contribution in [3.05, 3.63) is 69.3 Å². The van der Waals surface area contributed by atoms with Gasteiger partial charge in [-0.15, -0.1) is 0 Å². The van der Waals surface area contributed by atoms with Crippen LogP contribution in [0.25, 0.3) is 0 Å². The first-order chi connectivity index (χ1) is 13.4. The van der Waals surface area contributed by atoms with Gasteiger partial charge in [0.25, 0.3) is 0 Å². The Morgan fingerprint density at radius 2 is 1.89 bits per heavy atom. The van der Waals surface area contributed by atoms with Crippen LogP contribution in [0.4, 0.5) is 11.5 Å². The second kappa shape index (κ2) is 8.97. The van der Waals surface area contributed by atoms with Crippen LogP contribution >= 0.6 is 34.9 Å². The predicted molar refractivity (Wildman–Crippen MR) is 108 cm³/mol. The average molecular weight is 457 g/mol. The van der Waals surface area contributed by atoms with Gasteiger partial charge in [-0.05, 0) is 17.7 Å². The number of hydrogen-bond donors (Lipinski definition) is 0. The van der Waals surface area contributed by atoms with E-state index < -0.39 is 17.2 Å². The lowest BCUT2D eigenvalue weighted by molar-refractivity contribution is 0.0602. The predicted octanol–water partition coefficient (Wildman–Crippen LogP) is 4.15. The van der Waals surface area contributed by atoms with E-state index in [9.17, 15) is 13.6 Å². The Kier molecular flexibility index (Phi) is 6.63. The smallest absolute Gasteiger partial charge is 0.340 e. The van der Waals surface area contributed by atoms with Crippen molar-refractivity contribution in [2.75, 3.05) is 11.4 Å². The number of carbonyl (C=O) groups is 1. The Labute approximate surface area is 177 Å². The van der Waals surface area contributed by atoms with Crippen molar-refractivity contribution in [3.8, 4) is 0 Å². The molecule has 0 amide bonds. The number of nitrogens with zero attached hydrogens (tertiary/aromatic N) is 3. The highest BCUT2D eigenvalue weighted by atomic mass is 35.5. The summed E-state index contributed by atoms with van der Waals surface area (Å²) in [5, 5.41) is 0.163. The molecule has 28 heavy (non-hydrogen) atoms. The van der Waals surface area contributed by atoms with Crippen molar-refractivity contribution < 1.29 is 18.3 Å². The van der Waals surface area contributed by atoms with Crippen LogP contribution in [-0.2, 0) is 22.4 Å². The molecule has 0 N–H and O–H groups in total. The van der Waals surface area contributed by atoms with E-state index in [1.165, 1.54) is 19.2 Å². The van der Waals surface area contributed by atoms with Crippen LogP contribution in [0.1, 0.15) is 21.6 Å². The Bertz CT molecular complexity index is 1030. The lowest BCUT2D eigenvalue weighted by Gasteiger charge is -2.26. The van der Waals surface area contributed by atoms with Crippen molar-refractivity contribution in [2.45, 2.75) is 6.42 Å². The molecule has 2 aromatic carbocycles. The second-order valence-electron chi connectivity index (χ2n) is 5.48. The van der Waals surface area contributed by atoms with E-state index in [-0.39, 0.29) is 27.1 Å². The third-order valence-electron chi connectivity index (χ3n) is 3.75. The van der Waals surface area contributed by atoms with Gasteiger partial charge in [0.15, 0.2) is 5.82 Å². The maximum absolute atomic E-state index is 12.2. The molecule has 1 unspecified atom stereocenters. The summed E-state index contributed by atoms with van der Waals surface area (Å²) in [4.78, 5) is 12.2. The fourth-order valence-corrected chi connectivity index (χ4v) is 4.02. The quantitative estimate of drug-likeness (QED) is 0.408. The topological polar surface area (TPSA) is 95.5 Å². The largest absolute Gasteiger partial charge is 0.755 e. The molecular formula is C17H12Cl2N3O4S2-. The number of methoxy groups -OCH3 is 1. The number of esters is 1. The molecule has 0 aliphatic heterocycles. The highest BCUT2D eigenvalue weighted by Gasteiger charge is 2.26. The van der Waals surface area contributed by atoms with E-state index in [1.807, 2.05) is 30.3 Å². The molecule has 146 valence electrons. The third-order valence-corrected chi connectivity index (χ3v) is 5.70. The molecule has 11 heteroatoms. The number of ether oxygens (including phenoxy) is 1. The lowest BCUT2D eigenvalue weighted by Crippen LogP contribution is -2.24. The van der Waals surface area contributed by atoms with E-state index in [4.69, 9.17) is 27.9 Å². The Balaban J connectivity index is 2.12. The Morgan fingerprint density at radius 3 is 2.54 bits per heavy atom. The zero-order valence-electron chi connectivity index (χ0n) is 14.3. The Morgan fingerprint density at radius 1 is 1.21 bits per heavy atom. The number of benzene rings is 2. The first-order valence-electron chi connectivity index (χ1n) is 7.74. The Hall–Kier alpha value is -2.04. The van der Waals surface area contributed by atoms with Gasteiger partial charge in [-0.1, -0.05) is 53.5 Å². The van der Waals surface area contributed by atoms with E-state index in [0.717, 1.165) is 21.6 Å². The van der Waals surface area contributed by atoms with Crippen molar-refractivity contribution >= 4 is 63.7 Å². The van der Waals surface area contributed by atoms with Crippen LogP contribution in [0, 0.1) is 0 Å². The zero-order chi connectivity index (χ0) is 20.3. The molecular weight excluding hydrogens is 445 g/mol. The van der Waals surface area contributed by atoms with Crippen molar-refractivity contribution in [3.63, 3.8) is 0 Å². The number of aromatic nitrogens is 2. The molecule has 0 fully saturated rings. The van der Waals surface area contributed by atoms with Crippen LogP contribution in [0.15, 0.2) is 42.5 Å². The van der Waals surface area contributed by atoms with E-state index in [2.05, 4.69) is 8.75 Å². The van der Waals surface area contributed by atoms with Crippen molar-refractivity contribution in [1.29, 1.82) is 0 Å². The minimum Gasteiger partial charge on any atom is -0.755 e. The van der Waals surface area contributed by atoms with Gasteiger partial charge in [-0.2, -0.15) is 8.75 Å². The minimum absolute atomic E-state index is 0.0309. The normalized spacial score (nSPS) is 11.9. The molecule has 7 nitrogen and oxygen atoms in total. The van der Waals surface area contributed by atoms with Gasteiger partial charge in [0.2, 0.25) is 0 Å². The number of anilines is 2. The summed E-state index contributed by atoms with van der Waals surface area (Å²) in [6, 6.07) is 11.9. The summed E-state index contributed by atoms with van der Waals surface area (Å²) in [6.07, 6.45) is 0.356. The molecule has 0 bridgehead atoms. The molecule has 0 aliphatic rings. The zero-order valence-corrected chi connectivity index (χ0v) is 17.4.